The van der Waals surface area contributed by atoms with Gasteiger partial charge >= 0.3 is 0 Å². The lowest BCUT2D eigenvalue weighted by Gasteiger charge is -2.20. The quantitative estimate of drug-likeness (QED) is 0.0426. The summed E-state index contributed by atoms with van der Waals surface area (Å²) in [5.41, 5.74) is 11.0. The molecule has 14 heteroatoms. The maximum Gasteiger partial charge on any atom is 0.221 e. The van der Waals surface area contributed by atoms with Crippen LogP contribution in [0.15, 0.2) is 0 Å². The Hall–Kier alpha value is -2.36. The Labute approximate surface area is 331 Å². The highest BCUT2D eigenvalue weighted by molar-refractivity contribution is 5.76. The molecular weight excluding hydrogens is 685 g/mol. The Morgan fingerprint density at radius 1 is 0.389 bits per heavy atom. The van der Waals surface area contributed by atoms with Crippen LogP contribution >= 0.6 is 0 Å². The molecule has 0 spiro atoms. The van der Waals surface area contributed by atoms with Gasteiger partial charge in [0.2, 0.25) is 23.6 Å². The van der Waals surface area contributed by atoms with E-state index in [1.165, 1.54) is 51.4 Å². The van der Waals surface area contributed by atoms with Crippen LogP contribution in [0, 0.1) is 0 Å². The summed E-state index contributed by atoms with van der Waals surface area (Å²) < 4.78 is 0. The van der Waals surface area contributed by atoms with Crippen LogP contribution in [0.3, 0.4) is 0 Å². The van der Waals surface area contributed by atoms with Crippen LogP contribution in [-0.2, 0) is 19.2 Å². The molecule has 0 heterocycles. The van der Waals surface area contributed by atoms with Crippen LogP contribution in [0.5, 0.6) is 0 Å². The van der Waals surface area contributed by atoms with Gasteiger partial charge < -0.3 is 53.6 Å². The summed E-state index contributed by atoms with van der Waals surface area (Å²) in [6, 6.07) is 0. The van der Waals surface area contributed by atoms with Gasteiger partial charge in [0.15, 0.2) is 0 Å². The van der Waals surface area contributed by atoms with E-state index in [2.05, 4.69) is 49.0 Å². The van der Waals surface area contributed by atoms with Crippen molar-refractivity contribution < 1.29 is 19.2 Å². The van der Waals surface area contributed by atoms with E-state index in [0.29, 0.717) is 32.2 Å². The minimum atomic E-state index is 0.0898. The number of carbonyl (C=O) groups is 4. The maximum atomic E-state index is 11.1. The van der Waals surface area contributed by atoms with E-state index in [1.807, 2.05) is 0 Å². The molecule has 0 bridgehead atoms. The molecule has 54 heavy (non-hydrogen) atoms. The zero-order valence-electron chi connectivity index (χ0n) is 35.7. The molecule has 0 aromatic carbocycles. The van der Waals surface area contributed by atoms with Crippen molar-refractivity contribution in [3.63, 3.8) is 0 Å². The molecule has 0 aromatic heterocycles. The van der Waals surface area contributed by atoms with Gasteiger partial charge in [-0.1, -0.05) is 51.9 Å². The van der Waals surface area contributed by atoms with Crippen LogP contribution in [-0.4, -0.2) is 129 Å². The van der Waals surface area contributed by atoms with Crippen molar-refractivity contribution in [2.45, 2.75) is 135 Å². The number of nitrogens with zero attached hydrogens (tertiary/aromatic N) is 1. The molecule has 0 saturated heterocycles. The molecule has 14 nitrogen and oxygen atoms in total. The largest absolute Gasteiger partial charge is 0.359 e. The van der Waals surface area contributed by atoms with E-state index >= 15 is 0 Å². The van der Waals surface area contributed by atoms with Gasteiger partial charge in [-0.05, 0) is 104 Å². The van der Waals surface area contributed by atoms with Crippen molar-refractivity contribution >= 4 is 23.6 Å². The molecule has 0 aliphatic rings. The van der Waals surface area contributed by atoms with E-state index in [0.717, 1.165) is 117 Å². The third-order valence-electron chi connectivity index (χ3n) is 8.85. The summed E-state index contributed by atoms with van der Waals surface area (Å²) in [6.07, 6.45) is 21.1. The summed E-state index contributed by atoms with van der Waals surface area (Å²) in [6.45, 7) is 12.5. The smallest absolute Gasteiger partial charge is 0.221 e. The molecule has 0 aliphatic heterocycles. The number of hydrogen-bond acceptors (Lipinski definition) is 10. The fourth-order valence-electron chi connectivity index (χ4n) is 5.29. The molecule has 322 valence electrons. The van der Waals surface area contributed by atoms with E-state index < -0.39 is 0 Å². The topological polar surface area (TPSA) is 208 Å². The van der Waals surface area contributed by atoms with Crippen molar-refractivity contribution in [3.05, 3.63) is 0 Å². The average Bonchev–Trinajstić information content (AvgIpc) is 3.19. The third-order valence-corrected chi connectivity index (χ3v) is 8.85. The number of nitrogens with one attached hydrogen (secondary N) is 7. The van der Waals surface area contributed by atoms with Gasteiger partial charge in [0, 0.05) is 80.1 Å². The summed E-state index contributed by atoms with van der Waals surface area (Å²) in [4.78, 5) is 46.3. The molecule has 0 radical (unpaired) electrons. The second-order valence-corrected chi connectivity index (χ2v) is 13.7. The van der Waals surface area contributed by atoms with Gasteiger partial charge in [-0.3, -0.25) is 19.2 Å². The third kappa shape index (κ3) is 49.6. The first-order chi connectivity index (χ1) is 26.2. The number of unbranched alkanes of at least 4 members (excludes halogenated alkanes) is 11. The summed E-state index contributed by atoms with van der Waals surface area (Å²) >= 11 is 0. The van der Waals surface area contributed by atoms with Gasteiger partial charge in [-0.15, -0.1) is 0 Å². The number of amides is 4. The monoisotopic (exact) mass is 773 g/mol. The number of nitrogens with two attached hydrogens (primary N) is 2. The Bertz CT molecular complexity index is 796. The molecule has 0 rings (SSSR count). The van der Waals surface area contributed by atoms with E-state index in [1.54, 1.807) is 28.2 Å². The van der Waals surface area contributed by atoms with E-state index in [4.69, 9.17) is 11.5 Å². The first kappa shape index (κ1) is 56.0. The van der Waals surface area contributed by atoms with Gasteiger partial charge in [0.05, 0.1) is 0 Å². The van der Waals surface area contributed by atoms with Gasteiger partial charge in [0.25, 0.3) is 0 Å². The fourth-order valence-corrected chi connectivity index (χ4v) is 5.29. The van der Waals surface area contributed by atoms with Crippen LogP contribution in [0.25, 0.3) is 0 Å². The van der Waals surface area contributed by atoms with Gasteiger partial charge in [-0.2, -0.15) is 0 Å². The average molecular weight is 773 g/mol. The minimum Gasteiger partial charge on any atom is -0.359 e. The molecule has 11 N–H and O–H groups in total. The number of hydrogen-bond donors (Lipinski definition) is 9. The molecule has 0 fully saturated rings. The van der Waals surface area contributed by atoms with Crippen molar-refractivity contribution in [2.75, 3.05) is 100 Å². The lowest BCUT2D eigenvalue weighted by Crippen LogP contribution is -2.34. The molecule has 0 atom stereocenters. The van der Waals surface area contributed by atoms with Crippen molar-refractivity contribution in [1.29, 1.82) is 0 Å². The van der Waals surface area contributed by atoms with Crippen molar-refractivity contribution in [3.8, 4) is 0 Å². The Balaban J connectivity index is -0.000000737. The van der Waals surface area contributed by atoms with Crippen LogP contribution in [0.2, 0.25) is 0 Å². The first-order valence-electron chi connectivity index (χ1n) is 21.3. The first-order valence-corrected chi connectivity index (χ1v) is 21.3. The Kier molecular flexibility index (Phi) is 50.4. The van der Waals surface area contributed by atoms with Crippen molar-refractivity contribution in [1.82, 2.24) is 42.1 Å². The molecule has 4 amide bonds. The zero-order valence-corrected chi connectivity index (χ0v) is 35.7. The second kappa shape index (κ2) is 48.7. The Morgan fingerprint density at radius 2 is 0.778 bits per heavy atom. The molecule has 0 saturated carbocycles. The standard InChI is InChI=1S/C16H34N4O2.2C12H27N3O/c1-17-15(21)9-5-3-6-11-19-12-7-4-8-13-20-14-10-16(22)18-2;1-14-12(16)8-4-2-6-10-15-11-7-3-5-9-13;1-3-4-5-6-9-15(11-8-13)10-7-12(16)14-2/h19-20H,3-14H2,1-2H3,(H,17,21)(H,18,22);15H,2-11,13H2,1H3,(H,14,16);3-11,13H2,1-2H3,(H,14,16). The molecule has 0 aromatic rings. The highest BCUT2D eigenvalue weighted by atomic mass is 16.2. The van der Waals surface area contributed by atoms with Crippen LogP contribution < -0.4 is 48.7 Å². The normalized spacial score (nSPS) is 10.5. The van der Waals surface area contributed by atoms with Crippen LogP contribution in [0.1, 0.15) is 135 Å². The minimum absolute atomic E-state index is 0.0898. The number of carbonyl (C=O) groups excluding carboxylic acids is 4. The van der Waals surface area contributed by atoms with Gasteiger partial charge in [-0.25, -0.2) is 0 Å². The molecular formula is C40H88N10O4. The highest BCUT2D eigenvalue weighted by Crippen LogP contribution is 2.02. The molecule has 0 aliphatic carbocycles. The second-order valence-electron chi connectivity index (χ2n) is 13.7. The van der Waals surface area contributed by atoms with Crippen LogP contribution in [0.4, 0.5) is 0 Å². The Morgan fingerprint density at radius 3 is 1.20 bits per heavy atom. The summed E-state index contributed by atoms with van der Waals surface area (Å²) in [7, 11) is 6.71. The highest BCUT2D eigenvalue weighted by Gasteiger charge is 2.06. The van der Waals surface area contributed by atoms with Gasteiger partial charge in [0.1, 0.15) is 0 Å². The lowest BCUT2D eigenvalue weighted by atomic mass is 10.2. The fraction of sp³-hybridized carbons (Fsp3) is 0.900. The van der Waals surface area contributed by atoms with E-state index in [-0.39, 0.29) is 23.6 Å². The number of rotatable bonds is 36. The predicted octanol–water partition coefficient (Wildman–Crippen LogP) is 2.75. The van der Waals surface area contributed by atoms with E-state index in [9.17, 15) is 19.2 Å². The predicted molar refractivity (Wildman–Crippen MR) is 227 cm³/mol. The molecule has 0 unspecified atom stereocenters. The summed E-state index contributed by atoms with van der Waals surface area (Å²) in [5, 5.41) is 20.6. The zero-order chi connectivity index (χ0) is 40.8. The summed E-state index contributed by atoms with van der Waals surface area (Å²) in [5.74, 6) is 0.481. The van der Waals surface area contributed by atoms with Crippen molar-refractivity contribution in [2.24, 2.45) is 11.5 Å². The SMILES string of the molecule is CCCCCCN(CCN)CCC(=O)NC.CNC(=O)CCCCCNCCCCCN.CNC(=O)CCCCCNCCCCCNCCC(=O)NC. The maximum absolute atomic E-state index is 11.1. The lowest BCUT2D eigenvalue weighted by molar-refractivity contribution is -0.121.